The molecule has 0 atom stereocenters. The van der Waals surface area contributed by atoms with Crippen LogP contribution in [0.25, 0.3) is 0 Å². The van der Waals surface area contributed by atoms with Crippen molar-refractivity contribution >= 4 is 44.8 Å². The Bertz CT molecular complexity index is 1100. The summed E-state index contributed by atoms with van der Waals surface area (Å²) in [4.78, 5) is 17.1. The zero-order chi connectivity index (χ0) is 22.9. The third-order valence-electron chi connectivity index (χ3n) is 5.66. The zero-order valence-electron chi connectivity index (χ0n) is 17.7. The number of hydrogen-bond acceptors (Lipinski definition) is 5. The first-order chi connectivity index (χ1) is 15.3. The van der Waals surface area contributed by atoms with E-state index in [2.05, 4.69) is 9.62 Å². The molecule has 1 aliphatic heterocycles. The highest BCUT2D eigenvalue weighted by atomic mass is 35.5. The summed E-state index contributed by atoms with van der Waals surface area (Å²) in [6.45, 7) is 2.49. The first-order valence-electron chi connectivity index (χ1n) is 10.5. The van der Waals surface area contributed by atoms with Crippen LogP contribution in [0.3, 0.4) is 0 Å². The summed E-state index contributed by atoms with van der Waals surface area (Å²) in [5.74, 6) is 0.491. The lowest BCUT2D eigenvalue weighted by Crippen LogP contribution is -2.35. The molecule has 1 amide bonds. The molecular weight excluding hydrogens is 473 g/mol. The highest BCUT2D eigenvalue weighted by molar-refractivity contribution is 7.89. The number of carbonyl (C=O) groups excluding carboxylic acids is 1. The molecule has 0 unspecified atom stereocenters. The molecule has 1 heterocycles. The van der Waals surface area contributed by atoms with Crippen molar-refractivity contribution in [2.45, 2.75) is 30.2 Å². The van der Waals surface area contributed by atoms with Gasteiger partial charge in [-0.1, -0.05) is 23.2 Å². The predicted molar refractivity (Wildman–Crippen MR) is 126 cm³/mol. The van der Waals surface area contributed by atoms with Crippen molar-refractivity contribution in [2.24, 2.45) is 0 Å². The van der Waals surface area contributed by atoms with Crippen LogP contribution in [-0.2, 0) is 10.0 Å². The Morgan fingerprint density at radius 3 is 2.41 bits per heavy atom. The number of nitrogens with one attached hydrogen (secondary N) is 1. The van der Waals surface area contributed by atoms with E-state index >= 15 is 0 Å². The number of ether oxygens (including phenoxy) is 1. The number of sulfonamides is 1. The lowest BCUT2D eigenvalue weighted by Gasteiger charge is -2.24. The SMILES string of the molecule is COc1ccc(N2CCCN(C(=O)c3cc(S(=O)(=O)NC4CC4)c(Cl)cc3Cl)CC2)cc1. The van der Waals surface area contributed by atoms with E-state index in [1.54, 1.807) is 12.0 Å². The molecule has 1 saturated carbocycles. The zero-order valence-corrected chi connectivity index (χ0v) is 20.0. The van der Waals surface area contributed by atoms with Crippen molar-refractivity contribution in [1.82, 2.24) is 9.62 Å². The van der Waals surface area contributed by atoms with Gasteiger partial charge in [-0.05, 0) is 55.7 Å². The molecule has 10 heteroatoms. The Morgan fingerprint density at radius 1 is 1.03 bits per heavy atom. The fraction of sp³-hybridized carbons (Fsp3) is 0.409. The van der Waals surface area contributed by atoms with Crippen molar-refractivity contribution in [3.8, 4) is 5.75 Å². The number of rotatable bonds is 6. The molecule has 0 radical (unpaired) electrons. The molecule has 1 aliphatic carbocycles. The summed E-state index contributed by atoms with van der Waals surface area (Å²) in [6.07, 6.45) is 2.38. The first kappa shape index (κ1) is 23.2. The van der Waals surface area contributed by atoms with Crippen LogP contribution in [0.1, 0.15) is 29.6 Å². The van der Waals surface area contributed by atoms with Crippen LogP contribution >= 0.6 is 23.2 Å². The van der Waals surface area contributed by atoms with E-state index in [0.29, 0.717) is 19.6 Å². The standard InChI is InChI=1S/C22H25Cl2N3O4S/c1-31-17-7-5-16(6-8-17)26-9-2-10-27(12-11-26)22(28)18-13-21(20(24)14-19(18)23)32(29,30)25-15-3-4-15/h5-8,13-15,25H,2-4,9-12H2,1H3. The first-order valence-corrected chi connectivity index (χ1v) is 12.7. The van der Waals surface area contributed by atoms with Gasteiger partial charge in [-0.15, -0.1) is 0 Å². The van der Waals surface area contributed by atoms with Crippen LogP contribution in [0, 0.1) is 0 Å². The maximum Gasteiger partial charge on any atom is 0.255 e. The van der Waals surface area contributed by atoms with Crippen molar-refractivity contribution in [2.75, 3.05) is 38.2 Å². The van der Waals surface area contributed by atoms with E-state index in [-0.39, 0.29) is 32.5 Å². The van der Waals surface area contributed by atoms with Crippen molar-refractivity contribution in [3.05, 3.63) is 52.0 Å². The van der Waals surface area contributed by atoms with Crippen molar-refractivity contribution in [3.63, 3.8) is 0 Å². The molecule has 0 spiro atoms. The van der Waals surface area contributed by atoms with E-state index in [4.69, 9.17) is 27.9 Å². The number of halogens is 2. The minimum absolute atomic E-state index is 0.00115. The van der Waals surface area contributed by atoms with E-state index in [1.807, 2.05) is 24.3 Å². The van der Waals surface area contributed by atoms with Gasteiger partial charge >= 0.3 is 0 Å². The quantitative estimate of drug-likeness (QED) is 0.656. The second-order valence-electron chi connectivity index (χ2n) is 7.99. The Morgan fingerprint density at radius 2 is 1.75 bits per heavy atom. The normalized spacial score (nSPS) is 17.2. The van der Waals surface area contributed by atoms with E-state index < -0.39 is 10.0 Å². The molecule has 32 heavy (non-hydrogen) atoms. The van der Waals surface area contributed by atoms with Gasteiger partial charge in [-0.2, -0.15) is 0 Å². The predicted octanol–water partition coefficient (Wildman–Crippen LogP) is 3.80. The second kappa shape index (κ2) is 9.47. The summed E-state index contributed by atoms with van der Waals surface area (Å²) in [5, 5.41) is 0.142. The molecule has 1 N–H and O–H groups in total. The van der Waals surface area contributed by atoms with Gasteiger partial charge in [0, 0.05) is 37.9 Å². The number of hydrogen-bond donors (Lipinski definition) is 1. The van der Waals surface area contributed by atoms with Crippen LogP contribution < -0.4 is 14.4 Å². The smallest absolute Gasteiger partial charge is 0.255 e. The van der Waals surface area contributed by atoms with Gasteiger partial charge in [-0.3, -0.25) is 4.79 Å². The highest BCUT2D eigenvalue weighted by Gasteiger charge is 2.31. The molecule has 1 saturated heterocycles. The molecule has 2 aliphatic rings. The van der Waals surface area contributed by atoms with Crippen LogP contribution in [-0.4, -0.2) is 58.6 Å². The molecule has 172 valence electrons. The number of carbonyl (C=O) groups is 1. The Balaban J connectivity index is 1.51. The van der Waals surface area contributed by atoms with Gasteiger partial charge in [0.15, 0.2) is 0 Å². The lowest BCUT2D eigenvalue weighted by atomic mass is 10.2. The highest BCUT2D eigenvalue weighted by Crippen LogP contribution is 2.31. The molecule has 2 fully saturated rings. The van der Waals surface area contributed by atoms with Crippen LogP contribution in [0.5, 0.6) is 5.75 Å². The summed E-state index contributed by atoms with van der Waals surface area (Å²) in [7, 11) is -2.19. The average Bonchev–Trinajstić information content (AvgIpc) is 3.59. The Kier molecular flexibility index (Phi) is 6.86. The molecule has 0 bridgehead atoms. The van der Waals surface area contributed by atoms with Crippen molar-refractivity contribution in [1.29, 1.82) is 0 Å². The number of benzene rings is 2. The fourth-order valence-electron chi connectivity index (χ4n) is 3.73. The summed E-state index contributed by atoms with van der Waals surface area (Å²) < 4.78 is 33.2. The largest absolute Gasteiger partial charge is 0.497 e. The number of methoxy groups -OCH3 is 1. The van der Waals surface area contributed by atoms with Gasteiger partial charge in [0.1, 0.15) is 10.6 Å². The van der Waals surface area contributed by atoms with Crippen LogP contribution in [0.4, 0.5) is 5.69 Å². The summed E-state index contributed by atoms with van der Waals surface area (Å²) in [5.41, 5.74) is 1.20. The topological polar surface area (TPSA) is 79.0 Å². The lowest BCUT2D eigenvalue weighted by molar-refractivity contribution is 0.0767. The molecule has 0 aromatic heterocycles. The van der Waals surface area contributed by atoms with Gasteiger partial charge < -0.3 is 14.5 Å². The fourth-order valence-corrected chi connectivity index (χ4v) is 5.88. The van der Waals surface area contributed by atoms with E-state index in [9.17, 15) is 13.2 Å². The monoisotopic (exact) mass is 497 g/mol. The Hall–Kier alpha value is -2.00. The second-order valence-corrected chi connectivity index (χ2v) is 10.5. The maximum absolute atomic E-state index is 13.3. The minimum atomic E-state index is -3.82. The summed E-state index contributed by atoms with van der Waals surface area (Å²) >= 11 is 12.5. The van der Waals surface area contributed by atoms with E-state index in [1.165, 1.54) is 12.1 Å². The third kappa shape index (κ3) is 5.14. The maximum atomic E-state index is 13.3. The minimum Gasteiger partial charge on any atom is -0.497 e. The third-order valence-corrected chi connectivity index (χ3v) is 7.96. The van der Waals surface area contributed by atoms with E-state index in [0.717, 1.165) is 37.2 Å². The van der Waals surface area contributed by atoms with Gasteiger partial charge in [-0.25, -0.2) is 13.1 Å². The van der Waals surface area contributed by atoms with Crippen molar-refractivity contribution < 1.29 is 17.9 Å². The number of amides is 1. The molecule has 2 aromatic rings. The number of anilines is 1. The Labute approximate surface area is 198 Å². The molecule has 4 rings (SSSR count). The molecule has 2 aromatic carbocycles. The van der Waals surface area contributed by atoms with Gasteiger partial charge in [0.2, 0.25) is 10.0 Å². The average molecular weight is 498 g/mol. The molecular formula is C22H25Cl2N3O4S. The summed E-state index contributed by atoms with van der Waals surface area (Å²) in [6, 6.07) is 10.4. The van der Waals surface area contributed by atoms with Gasteiger partial charge in [0.25, 0.3) is 5.91 Å². The number of nitrogens with zero attached hydrogens (tertiary/aromatic N) is 2. The molecule has 7 nitrogen and oxygen atoms in total. The van der Waals surface area contributed by atoms with Crippen LogP contribution in [0.2, 0.25) is 10.0 Å². The van der Waals surface area contributed by atoms with Gasteiger partial charge in [0.05, 0.1) is 22.7 Å². The van der Waals surface area contributed by atoms with Crippen LogP contribution in [0.15, 0.2) is 41.3 Å².